The van der Waals surface area contributed by atoms with Crippen LogP contribution >= 0.6 is 0 Å². The van der Waals surface area contributed by atoms with Crippen molar-refractivity contribution in [1.29, 1.82) is 0 Å². The average Bonchev–Trinajstić information content (AvgIpc) is 3.24. The van der Waals surface area contributed by atoms with Crippen molar-refractivity contribution < 1.29 is 0 Å². The van der Waals surface area contributed by atoms with Gasteiger partial charge in [0.25, 0.3) is 0 Å². The highest BCUT2D eigenvalue weighted by atomic mass is 15.4. The maximum Gasteiger partial charge on any atom is 0.100 e. The minimum absolute atomic E-state index is 0.147. The summed E-state index contributed by atoms with van der Waals surface area (Å²) in [5, 5.41) is 0. The minimum atomic E-state index is 0.147. The number of fused-ring (bicyclic) bond motifs is 4. The van der Waals surface area contributed by atoms with Gasteiger partial charge in [-0.15, -0.1) is 0 Å². The molecule has 0 saturated carbocycles. The van der Waals surface area contributed by atoms with Gasteiger partial charge in [0.05, 0.1) is 28.4 Å². The lowest BCUT2D eigenvalue weighted by Gasteiger charge is -2.47. The topological polar surface area (TPSA) is 9.72 Å². The van der Waals surface area contributed by atoms with Crippen LogP contribution in [0.15, 0.2) is 48.5 Å². The van der Waals surface area contributed by atoms with Gasteiger partial charge in [-0.1, -0.05) is 85.7 Å². The number of nitrogens with zero attached hydrogens (tertiary/aromatic N) is 3. The first-order valence-electron chi connectivity index (χ1n) is 14.2. The second-order valence-corrected chi connectivity index (χ2v) is 13.4. The van der Waals surface area contributed by atoms with Crippen molar-refractivity contribution in [3.63, 3.8) is 0 Å². The van der Waals surface area contributed by atoms with Gasteiger partial charge in [-0.2, -0.15) is 0 Å². The molecule has 0 aromatic heterocycles. The van der Waals surface area contributed by atoms with E-state index in [-0.39, 0.29) is 10.8 Å². The minimum Gasteiger partial charge on any atom is -0.341 e. The summed E-state index contributed by atoms with van der Waals surface area (Å²) in [5.74, 6) is 0.925. The summed E-state index contributed by atoms with van der Waals surface area (Å²) in [5.41, 5.74) is 14.4. The first-order chi connectivity index (χ1) is 17.4. The lowest BCUT2D eigenvalue weighted by atomic mass is 9.62. The number of rotatable bonds is 3. The zero-order valence-electron chi connectivity index (χ0n) is 24.2. The lowest BCUT2D eigenvalue weighted by molar-refractivity contribution is 0.332. The van der Waals surface area contributed by atoms with E-state index in [0.29, 0.717) is 11.8 Å². The Bertz CT molecular complexity index is 1370. The largest absolute Gasteiger partial charge is 0.341 e. The molecule has 3 aliphatic rings. The van der Waals surface area contributed by atoms with Crippen molar-refractivity contribution in [2.24, 2.45) is 0 Å². The highest BCUT2D eigenvalue weighted by Crippen LogP contribution is 2.61. The first kappa shape index (κ1) is 24.4. The van der Waals surface area contributed by atoms with Gasteiger partial charge in [0.2, 0.25) is 0 Å². The molecule has 0 amide bonds. The Labute approximate surface area is 224 Å². The van der Waals surface area contributed by atoms with E-state index in [0.717, 1.165) is 6.67 Å². The van der Waals surface area contributed by atoms with Crippen LogP contribution in [0, 0.1) is 0 Å². The molecule has 2 aliphatic heterocycles. The van der Waals surface area contributed by atoms with Crippen LogP contribution in [-0.4, -0.2) is 13.7 Å². The Balaban J connectivity index is 1.60. The molecule has 0 N–H and O–H groups in total. The van der Waals surface area contributed by atoms with Crippen molar-refractivity contribution in [2.75, 3.05) is 28.4 Å². The molecular formula is C34H43N3. The molecule has 1 aliphatic carbocycles. The summed E-state index contributed by atoms with van der Waals surface area (Å²) in [6.45, 7) is 19.9. The molecule has 37 heavy (non-hydrogen) atoms. The average molecular weight is 494 g/mol. The van der Waals surface area contributed by atoms with Gasteiger partial charge in [-0.05, 0) is 76.0 Å². The number of hydrogen-bond acceptors (Lipinski definition) is 3. The molecule has 0 bridgehead atoms. The summed E-state index contributed by atoms with van der Waals surface area (Å²) in [6.07, 6.45) is 2.45. The molecule has 0 unspecified atom stereocenters. The SMILES string of the molecule is CC(C)c1cccc(C(C)C)c1N1CN2c3ccc4c(c3N(C)c3cccc1c32)C(C)(C)CCC4(C)C. The van der Waals surface area contributed by atoms with Gasteiger partial charge in [-0.3, -0.25) is 0 Å². The van der Waals surface area contributed by atoms with Crippen LogP contribution in [0.1, 0.15) is 102 Å². The van der Waals surface area contributed by atoms with E-state index in [1.165, 1.54) is 63.7 Å². The second kappa shape index (κ2) is 8.03. The predicted octanol–water partition coefficient (Wildman–Crippen LogP) is 9.61. The van der Waals surface area contributed by atoms with Crippen LogP contribution in [0.25, 0.3) is 0 Å². The van der Waals surface area contributed by atoms with Gasteiger partial charge in [-0.25, -0.2) is 0 Å². The van der Waals surface area contributed by atoms with Crippen LogP contribution < -0.4 is 14.7 Å². The third-order valence-corrected chi connectivity index (χ3v) is 9.37. The van der Waals surface area contributed by atoms with Crippen molar-refractivity contribution in [3.05, 3.63) is 70.8 Å². The van der Waals surface area contributed by atoms with E-state index in [1.807, 2.05) is 0 Å². The fraction of sp³-hybridized carbons (Fsp3) is 0.471. The van der Waals surface area contributed by atoms with Gasteiger partial charge in [0.1, 0.15) is 6.67 Å². The Kier molecular flexibility index (Phi) is 5.29. The van der Waals surface area contributed by atoms with Crippen molar-refractivity contribution in [1.82, 2.24) is 0 Å². The summed E-state index contributed by atoms with van der Waals surface area (Å²) < 4.78 is 0. The number of hydrogen-bond donors (Lipinski definition) is 0. The maximum absolute atomic E-state index is 2.60. The van der Waals surface area contributed by atoms with Crippen LogP contribution in [0.4, 0.5) is 34.1 Å². The molecule has 0 radical (unpaired) electrons. The van der Waals surface area contributed by atoms with E-state index >= 15 is 0 Å². The number of para-hydroxylation sites is 2. The van der Waals surface area contributed by atoms with Crippen molar-refractivity contribution in [2.45, 2.75) is 90.9 Å². The molecule has 0 atom stereocenters. The smallest absolute Gasteiger partial charge is 0.100 e. The summed E-state index contributed by atoms with van der Waals surface area (Å²) in [4.78, 5) is 7.69. The molecule has 194 valence electrons. The van der Waals surface area contributed by atoms with Crippen molar-refractivity contribution >= 4 is 34.1 Å². The molecule has 3 aromatic carbocycles. The molecule has 3 nitrogen and oxygen atoms in total. The van der Waals surface area contributed by atoms with E-state index < -0.39 is 0 Å². The zero-order valence-corrected chi connectivity index (χ0v) is 24.2. The normalized spacial score (nSPS) is 18.8. The third-order valence-electron chi connectivity index (χ3n) is 9.37. The van der Waals surface area contributed by atoms with Gasteiger partial charge in [0, 0.05) is 12.7 Å². The van der Waals surface area contributed by atoms with Crippen LogP contribution in [0.2, 0.25) is 0 Å². The number of benzene rings is 3. The highest BCUT2D eigenvalue weighted by Gasteiger charge is 2.45. The van der Waals surface area contributed by atoms with Crippen LogP contribution in [0.5, 0.6) is 0 Å². The Morgan fingerprint density at radius 3 is 1.81 bits per heavy atom. The van der Waals surface area contributed by atoms with E-state index in [1.54, 1.807) is 5.56 Å². The standard InChI is InChI=1S/C34H43N3/c1-21(2)23-12-10-13-24(22(3)4)30(23)36-20-37-28-17-16-25-29(34(7,8)19-18-33(25,5)6)32(28)35(9)26-14-11-15-27(36)31(26)37/h10-17,21-22H,18-20H2,1-9H3. The molecule has 0 spiro atoms. The molecule has 0 fully saturated rings. The van der Waals surface area contributed by atoms with Crippen LogP contribution in [-0.2, 0) is 10.8 Å². The molecule has 3 heteroatoms. The Hall–Kier alpha value is -2.94. The zero-order chi connectivity index (χ0) is 26.4. The van der Waals surface area contributed by atoms with Gasteiger partial charge in [0.15, 0.2) is 0 Å². The Morgan fingerprint density at radius 2 is 1.16 bits per heavy atom. The van der Waals surface area contributed by atoms with E-state index in [2.05, 4.69) is 126 Å². The quantitative estimate of drug-likeness (QED) is 0.359. The monoisotopic (exact) mass is 493 g/mol. The van der Waals surface area contributed by atoms with E-state index in [4.69, 9.17) is 0 Å². The number of anilines is 6. The molecule has 3 aromatic rings. The molecule has 6 rings (SSSR count). The fourth-order valence-electron chi connectivity index (χ4n) is 7.18. The van der Waals surface area contributed by atoms with Gasteiger partial charge >= 0.3 is 0 Å². The third kappa shape index (κ3) is 3.39. The van der Waals surface area contributed by atoms with Crippen LogP contribution in [0.3, 0.4) is 0 Å². The summed E-state index contributed by atoms with van der Waals surface area (Å²) in [6, 6.07) is 18.7. The Morgan fingerprint density at radius 1 is 0.622 bits per heavy atom. The molecular weight excluding hydrogens is 450 g/mol. The maximum atomic E-state index is 2.60. The second-order valence-electron chi connectivity index (χ2n) is 13.4. The fourth-order valence-corrected chi connectivity index (χ4v) is 7.18. The lowest BCUT2D eigenvalue weighted by Crippen LogP contribution is -2.37. The predicted molar refractivity (Wildman–Crippen MR) is 160 cm³/mol. The summed E-state index contributed by atoms with van der Waals surface area (Å²) >= 11 is 0. The summed E-state index contributed by atoms with van der Waals surface area (Å²) in [7, 11) is 2.29. The van der Waals surface area contributed by atoms with Crippen molar-refractivity contribution in [3.8, 4) is 0 Å². The van der Waals surface area contributed by atoms with E-state index in [9.17, 15) is 0 Å². The highest BCUT2D eigenvalue weighted by molar-refractivity contribution is 6.04. The molecule has 0 saturated heterocycles. The first-order valence-corrected chi connectivity index (χ1v) is 14.2. The molecule has 2 heterocycles. The van der Waals surface area contributed by atoms with Gasteiger partial charge < -0.3 is 14.7 Å².